The molecule has 1 N–H and O–H groups in total. The molecule has 0 aliphatic carbocycles. The van der Waals surface area contributed by atoms with Crippen LogP contribution in [0.4, 0.5) is 0 Å². The molecule has 1 saturated heterocycles. The molecule has 82 valence electrons. The van der Waals surface area contributed by atoms with Crippen molar-refractivity contribution in [3.63, 3.8) is 0 Å². The zero-order chi connectivity index (χ0) is 10.9. The van der Waals surface area contributed by atoms with E-state index in [4.69, 9.17) is 5.11 Å². The SMILES string of the molecule is CCC(C(=O)O)C1CN(S(C)(=O)=O)C1. The van der Waals surface area contributed by atoms with Crippen molar-refractivity contribution in [2.24, 2.45) is 11.8 Å². The Kier molecular flexibility index (Phi) is 3.16. The summed E-state index contributed by atoms with van der Waals surface area (Å²) in [5.41, 5.74) is 0. The van der Waals surface area contributed by atoms with Crippen molar-refractivity contribution in [1.29, 1.82) is 0 Å². The monoisotopic (exact) mass is 221 g/mol. The molecule has 0 amide bonds. The normalized spacial score (nSPS) is 21.6. The zero-order valence-corrected chi connectivity index (χ0v) is 9.12. The van der Waals surface area contributed by atoms with Crippen molar-refractivity contribution in [3.05, 3.63) is 0 Å². The minimum absolute atomic E-state index is 0.0211. The molecule has 0 bridgehead atoms. The van der Waals surface area contributed by atoms with Gasteiger partial charge in [0.15, 0.2) is 0 Å². The third-order valence-electron chi connectivity index (χ3n) is 2.67. The summed E-state index contributed by atoms with van der Waals surface area (Å²) < 4.78 is 23.3. The van der Waals surface area contributed by atoms with Crippen LogP contribution in [0, 0.1) is 11.8 Å². The third kappa shape index (κ3) is 2.24. The fraction of sp³-hybridized carbons (Fsp3) is 0.875. The Morgan fingerprint density at radius 2 is 2.07 bits per heavy atom. The lowest BCUT2D eigenvalue weighted by Crippen LogP contribution is -2.53. The Bertz CT molecular complexity index is 318. The third-order valence-corrected chi connectivity index (χ3v) is 3.91. The molecule has 0 aromatic heterocycles. The summed E-state index contributed by atoms with van der Waals surface area (Å²) in [5.74, 6) is -1.26. The van der Waals surface area contributed by atoms with Crippen LogP contribution in [0.25, 0.3) is 0 Å². The fourth-order valence-corrected chi connectivity index (χ4v) is 2.63. The molecule has 0 aromatic carbocycles. The zero-order valence-electron chi connectivity index (χ0n) is 8.30. The molecule has 1 rings (SSSR count). The summed E-state index contributed by atoms with van der Waals surface area (Å²) in [6.07, 6.45) is 1.70. The molecule has 1 fully saturated rings. The van der Waals surface area contributed by atoms with Crippen LogP contribution in [0.1, 0.15) is 13.3 Å². The van der Waals surface area contributed by atoms with Gasteiger partial charge in [-0.05, 0) is 12.3 Å². The number of carbonyl (C=O) groups is 1. The second-order valence-corrected chi connectivity index (χ2v) is 5.68. The van der Waals surface area contributed by atoms with Crippen molar-refractivity contribution in [2.45, 2.75) is 13.3 Å². The first kappa shape index (κ1) is 11.5. The molecule has 5 nitrogen and oxygen atoms in total. The highest BCUT2D eigenvalue weighted by Gasteiger charge is 2.40. The van der Waals surface area contributed by atoms with Gasteiger partial charge in [-0.15, -0.1) is 0 Å². The Labute approximate surface area is 83.8 Å². The van der Waals surface area contributed by atoms with Gasteiger partial charge in [-0.1, -0.05) is 6.92 Å². The van der Waals surface area contributed by atoms with Crippen molar-refractivity contribution < 1.29 is 18.3 Å². The van der Waals surface area contributed by atoms with Crippen LogP contribution in [0.2, 0.25) is 0 Å². The molecule has 0 radical (unpaired) electrons. The number of hydrogen-bond donors (Lipinski definition) is 1. The Morgan fingerprint density at radius 3 is 2.36 bits per heavy atom. The van der Waals surface area contributed by atoms with Gasteiger partial charge < -0.3 is 5.11 Å². The first-order chi connectivity index (χ1) is 6.36. The largest absolute Gasteiger partial charge is 0.481 e. The molecular formula is C8H15NO4S. The Morgan fingerprint density at radius 1 is 1.57 bits per heavy atom. The number of sulfonamides is 1. The molecule has 0 spiro atoms. The van der Waals surface area contributed by atoms with Crippen molar-refractivity contribution >= 4 is 16.0 Å². The van der Waals surface area contributed by atoms with Gasteiger partial charge >= 0.3 is 5.97 Å². The van der Waals surface area contributed by atoms with Gasteiger partial charge in [-0.2, -0.15) is 0 Å². The van der Waals surface area contributed by atoms with Crippen molar-refractivity contribution in [2.75, 3.05) is 19.3 Å². The molecule has 1 heterocycles. The van der Waals surface area contributed by atoms with Crippen molar-refractivity contribution in [3.8, 4) is 0 Å². The number of rotatable bonds is 4. The highest BCUT2D eigenvalue weighted by atomic mass is 32.2. The molecule has 14 heavy (non-hydrogen) atoms. The number of hydrogen-bond acceptors (Lipinski definition) is 3. The van der Waals surface area contributed by atoms with E-state index in [9.17, 15) is 13.2 Å². The van der Waals surface area contributed by atoms with E-state index in [1.807, 2.05) is 6.92 Å². The van der Waals surface area contributed by atoms with Crippen LogP contribution >= 0.6 is 0 Å². The predicted molar refractivity (Wildman–Crippen MR) is 51.3 cm³/mol. The second kappa shape index (κ2) is 3.86. The van der Waals surface area contributed by atoms with E-state index in [1.165, 1.54) is 4.31 Å². The Balaban J connectivity index is 2.52. The molecule has 1 aliphatic heterocycles. The van der Waals surface area contributed by atoms with Crippen LogP contribution in [0.15, 0.2) is 0 Å². The van der Waals surface area contributed by atoms with E-state index in [-0.39, 0.29) is 5.92 Å². The first-order valence-electron chi connectivity index (χ1n) is 4.54. The minimum atomic E-state index is -3.13. The lowest BCUT2D eigenvalue weighted by Gasteiger charge is -2.39. The van der Waals surface area contributed by atoms with E-state index in [0.29, 0.717) is 19.5 Å². The number of carboxylic acid groups (broad SMARTS) is 1. The highest BCUT2D eigenvalue weighted by Crippen LogP contribution is 2.28. The standard InChI is InChI=1S/C8H15NO4S/c1-3-7(8(10)11)6-4-9(5-6)14(2,12)13/h6-7H,3-5H2,1-2H3,(H,10,11). The van der Waals surface area contributed by atoms with Crippen LogP contribution in [0.3, 0.4) is 0 Å². The maximum absolute atomic E-state index is 11.0. The van der Waals surface area contributed by atoms with Gasteiger partial charge in [0.05, 0.1) is 12.2 Å². The smallest absolute Gasteiger partial charge is 0.306 e. The number of nitrogens with zero attached hydrogens (tertiary/aromatic N) is 1. The van der Waals surface area contributed by atoms with Crippen LogP contribution in [0.5, 0.6) is 0 Å². The number of aliphatic carboxylic acids is 1. The first-order valence-corrected chi connectivity index (χ1v) is 6.39. The average molecular weight is 221 g/mol. The van der Waals surface area contributed by atoms with E-state index in [0.717, 1.165) is 6.26 Å². The molecule has 6 heteroatoms. The highest BCUT2D eigenvalue weighted by molar-refractivity contribution is 7.88. The van der Waals surface area contributed by atoms with E-state index in [2.05, 4.69) is 0 Å². The van der Waals surface area contributed by atoms with Crippen LogP contribution in [-0.4, -0.2) is 43.1 Å². The lowest BCUT2D eigenvalue weighted by molar-refractivity contribution is -0.145. The maximum atomic E-state index is 11.0. The summed E-state index contributed by atoms with van der Waals surface area (Å²) in [4.78, 5) is 10.8. The predicted octanol–water partition coefficient (Wildman–Crippen LogP) is -0.0114. The topological polar surface area (TPSA) is 74.7 Å². The van der Waals surface area contributed by atoms with Gasteiger partial charge in [0.25, 0.3) is 0 Å². The Hall–Kier alpha value is -0.620. The quantitative estimate of drug-likeness (QED) is 0.724. The van der Waals surface area contributed by atoms with Crippen LogP contribution in [-0.2, 0) is 14.8 Å². The summed E-state index contributed by atoms with van der Waals surface area (Å²) in [7, 11) is -3.13. The second-order valence-electron chi connectivity index (χ2n) is 3.69. The molecule has 0 saturated carbocycles. The average Bonchev–Trinajstić information content (AvgIpc) is 1.91. The minimum Gasteiger partial charge on any atom is -0.481 e. The van der Waals surface area contributed by atoms with Gasteiger partial charge in [-0.3, -0.25) is 4.79 Å². The number of carboxylic acids is 1. The maximum Gasteiger partial charge on any atom is 0.306 e. The summed E-state index contributed by atoms with van der Waals surface area (Å²) in [6.45, 7) is 2.51. The van der Waals surface area contributed by atoms with E-state index < -0.39 is 21.9 Å². The summed E-state index contributed by atoms with van der Waals surface area (Å²) in [6, 6.07) is 0. The fourth-order valence-electron chi connectivity index (χ4n) is 1.70. The molecule has 0 aromatic rings. The van der Waals surface area contributed by atoms with Crippen LogP contribution < -0.4 is 0 Å². The van der Waals surface area contributed by atoms with E-state index in [1.54, 1.807) is 0 Å². The summed E-state index contributed by atoms with van der Waals surface area (Å²) >= 11 is 0. The van der Waals surface area contributed by atoms with Gasteiger partial charge in [-0.25, -0.2) is 12.7 Å². The molecule has 1 aliphatic rings. The molecule has 1 unspecified atom stereocenters. The van der Waals surface area contributed by atoms with Gasteiger partial charge in [0.1, 0.15) is 0 Å². The van der Waals surface area contributed by atoms with E-state index >= 15 is 0 Å². The molecule has 1 atom stereocenters. The van der Waals surface area contributed by atoms with Gasteiger partial charge in [0, 0.05) is 13.1 Å². The van der Waals surface area contributed by atoms with Gasteiger partial charge in [0.2, 0.25) is 10.0 Å². The summed E-state index contributed by atoms with van der Waals surface area (Å²) in [5, 5.41) is 8.83. The van der Waals surface area contributed by atoms with Crippen molar-refractivity contribution in [1.82, 2.24) is 4.31 Å². The lowest BCUT2D eigenvalue weighted by atomic mass is 9.86. The molecular weight excluding hydrogens is 206 g/mol.